The Bertz CT molecular complexity index is 488. The molecule has 1 aromatic heterocycles. The molecule has 19 heavy (non-hydrogen) atoms. The number of aromatic nitrogens is 4. The van der Waals surface area contributed by atoms with Crippen molar-refractivity contribution in [2.24, 2.45) is 10.9 Å². The number of nitrogens with one attached hydrogen (secondary N) is 1. The second-order valence-corrected chi connectivity index (χ2v) is 2.62. The van der Waals surface area contributed by atoms with Crippen molar-refractivity contribution in [2.75, 3.05) is 11.6 Å². The van der Waals surface area contributed by atoms with Crippen molar-refractivity contribution in [1.29, 1.82) is 0 Å². The summed E-state index contributed by atoms with van der Waals surface area (Å²) in [6.07, 6.45) is 0. The van der Waals surface area contributed by atoms with E-state index in [0.717, 1.165) is 4.79 Å². The standard InChI is InChI=1S/CH3N7O4.CH4N6/c2-7-4-3-1(6(9)10)5(7)8(11)12;2-1-4-5-6-7(1)3/h4H,2H2;3H2,(H2,2,4,6). The second kappa shape index (κ2) is 5.33. The maximum absolute atomic E-state index is 10.1. The molecule has 1 aromatic rings. The van der Waals surface area contributed by atoms with Crippen LogP contribution >= 0.6 is 0 Å². The molecule has 17 heteroatoms. The fourth-order valence-corrected chi connectivity index (χ4v) is 0.746. The Morgan fingerprint density at radius 3 is 2.16 bits per heavy atom. The smallest absolute Gasteiger partial charge is 0.390 e. The number of tetrazole rings is 1. The highest BCUT2D eigenvalue weighted by Crippen LogP contribution is 1.99. The van der Waals surface area contributed by atoms with E-state index in [4.69, 9.17) is 17.4 Å². The largest absolute Gasteiger partial charge is 0.537 e. The molecule has 0 atom stereocenters. The summed E-state index contributed by atoms with van der Waals surface area (Å²) < 4.78 is 0. The minimum atomic E-state index is -1.08. The van der Waals surface area contributed by atoms with Gasteiger partial charge in [0.15, 0.2) is 5.12 Å². The van der Waals surface area contributed by atoms with Crippen LogP contribution in [0.4, 0.5) is 5.95 Å². The summed E-state index contributed by atoms with van der Waals surface area (Å²) >= 11 is 0. The number of nitrogens with zero attached hydrogens (tertiary/aromatic N) is 9. The quantitative estimate of drug-likeness (QED) is 0.215. The van der Waals surface area contributed by atoms with Gasteiger partial charge in [0.25, 0.3) is 5.95 Å². The van der Waals surface area contributed by atoms with Crippen LogP contribution in [0.25, 0.3) is 0 Å². The van der Waals surface area contributed by atoms with Gasteiger partial charge in [0, 0.05) is 5.10 Å². The van der Waals surface area contributed by atoms with Gasteiger partial charge in [-0.3, -0.25) is 0 Å². The predicted molar refractivity (Wildman–Crippen MR) is 54.8 cm³/mol. The zero-order valence-electron chi connectivity index (χ0n) is 8.89. The summed E-state index contributed by atoms with van der Waals surface area (Å²) in [5.41, 5.74) is 6.87. The van der Waals surface area contributed by atoms with Gasteiger partial charge >= 0.3 is 5.96 Å². The van der Waals surface area contributed by atoms with E-state index in [0.29, 0.717) is 0 Å². The van der Waals surface area contributed by atoms with Gasteiger partial charge in [0.2, 0.25) is 5.03 Å². The second-order valence-electron chi connectivity index (χ2n) is 2.62. The molecule has 0 amide bonds. The van der Waals surface area contributed by atoms with Crippen LogP contribution in [0.2, 0.25) is 0 Å². The molecule has 1 aliphatic heterocycles. The highest BCUT2D eigenvalue weighted by atomic mass is 16.7. The number of hydrazone groups is 1. The normalized spacial score (nSPS) is 14.2. The third kappa shape index (κ3) is 3.07. The van der Waals surface area contributed by atoms with Gasteiger partial charge in [-0.15, -0.1) is 10.3 Å². The summed E-state index contributed by atoms with van der Waals surface area (Å²) in [5, 5.41) is 31.9. The number of guanidine groups is 1. The van der Waals surface area contributed by atoms with Gasteiger partial charge in [0.1, 0.15) is 0 Å². The third-order valence-corrected chi connectivity index (χ3v) is 1.47. The first-order chi connectivity index (χ1) is 8.84. The van der Waals surface area contributed by atoms with Gasteiger partial charge in [0.05, 0.1) is 5.23 Å². The number of nitrogen functional groups attached to an aromatic ring is 2. The van der Waals surface area contributed by atoms with Crippen LogP contribution in [-0.2, 0) is 0 Å². The van der Waals surface area contributed by atoms with Gasteiger partial charge in [-0.1, -0.05) is 5.10 Å². The van der Waals surface area contributed by atoms with Gasteiger partial charge < -0.3 is 21.7 Å². The Kier molecular flexibility index (Phi) is 3.85. The summed E-state index contributed by atoms with van der Waals surface area (Å²) in [6.45, 7) is 0. The highest BCUT2D eigenvalue weighted by Gasteiger charge is 2.46. The zero-order chi connectivity index (χ0) is 14.6. The van der Waals surface area contributed by atoms with Crippen LogP contribution < -0.4 is 23.0 Å². The van der Waals surface area contributed by atoms with E-state index < -0.39 is 15.9 Å². The van der Waals surface area contributed by atoms with Crippen LogP contribution in [0.3, 0.4) is 0 Å². The molecule has 0 radical (unpaired) electrons. The Labute approximate surface area is 102 Å². The molecule has 0 fully saturated rings. The summed E-state index contributed by atoms with van der Waals surface area (Å²) in [5.74, 6) is 9.00. The molecule has 0 aliphatic carbocycles. The van der Waals surface area contributed by atoms with E-state index >= 15 is 0 Å². The first-order valence-corrected chi connectivity index (χ1v) is 4.10. The maximum atomic E-state index is 10.1. The lowest BCUT2D eigenvalue weighted by molar-refractivity contribution is -0.687. The highest BCUT2D eigenvalue weighted by molar-refractivity contribution is 5.70. The van der Waals surface area contributed by atoms with Crippen LogP contribution in [-0.4, -0.2) is 46.6 Å². The Morgan fingerprint density at radius 1 is 1.26 bits per heavy atom. The molecule has 0 saturated carbocycles. The van der Waals surface area contributed by atoms with E-state index in [1.54, 1.807) is 0 Å². The average Bonchev–Trinajstić information content (AvgIpc) is 2.87. The minimum absolute atomic E-state index is 0.0417. The van der Waals surface area contributed by atoms with E-state index in [-0.39, 0.29) is 16.3 Å². The van der Waals surface area contributed by atoms with Crippen molar-refractivity contribution < 1.29 is 9.96 Å². The van der Waals surface area contributed by atoms with Crippen molar-refractivity contribution >= 4 is 11.9 Å². The number of hydrogen-bond donors (Lipinski definition) is 4. The number of hydrogen-bond acceptors (Lipinski definition) is 13. The SMILES string of the molecule is NN1NN=C([N+](=O)[O-])N1[N+](=O)[O-].Nc1nnnn1N. The molecular weight excluding hydrogens is 270 g/mol. The number of nitrogens with two attached hydrogens (primary N) is 3. The Balaban J connectivity index is 0.000000218. The molecule has 0 bridgehead atoms. The number of anilines is 1. The van der Waals surface area contributed by atoms with Gasteiger partial charge in [-0.05, 0) is 15.4 Å². The monoisotopic (exact) mass is 277 g/mol. The molecular formula is C2H7N13O4. The van der Waals surface area contributed by atoms with Crippen molar-refractivity contribution in [1.82, 2.24) is 36.2 Å². The molecule has 2 heterocycles. The number of nitro groups is 2. The third-order valence-electron chi connectivity index (χ3n) is 1.47. The van der Waals surface area contributed by atoms with Crippen molar-refractivity contribution in [2.45, 2.75) is 0 Å². The van der Waals surface area contributed by atoms with Gasteiger partial charge in [-0.2, -0.15) is 0 Å². The molecule has 104 valence electrons. The molecule has 0 saturated heterocycles. The molecule has 2 rings (SSSR count). The van der Waals surface area contributed by atoms with Gasteiger partial charge in [-0.25, -0.2) is 16.0 Å². The Morgan fingerprint density at radius 2 is 1.89 bits per heavy atom. The van der Waals surface area contributed by atoms with E-state index in [9.17, 15) is 20.2 Å². The fourth-order valence-electron chi connectivity index (χ4n) is 0.746. The molecule has 17 nitrogen and oxygen atoms in total. The zero-order valence-corrected chi connectivity index (χ0v) is 8.89. The van der Waals surface area contributed by atoms with Crippen LogP contribution in [0.1, 0.15) is 0 Å². The lowest BCUT2D eigenvalue weighted by Gasteiger charge is -2.05. The summed E-state index contributed by atoms with van der Waals surface area (Å²) in [7, 11) is 0. The first kappa shape index (κ1) is 13.7. The van der Waals surface area contributed by atoms with Crippen LogP contribution in [0.15, 0.2) is 5.10 Å². The summed E-state index contributed by atoms with van der Waals surface area (Å²) in [6, 6.07) is 0. The lowest BCUT2D eigenvalue weighted by atomic mass is 11.0. The maximum Gasteiger partial charge on any atom is 0.537 e. The fraction of sp³-hybridized carbons (Fsp3) is 0. The van der Waals surface area contributed by atoms with Crippen molar-refractivity contribution in [3.05, 3.63) is 20.2 Å². The lowest BCUT2D eigenvalue weighted by Crippen LogP contribution is -2.54. The van der Waals surface area contributed by atoms with E-state index in [2.05, 4.69) is 20.6 Å². The predicted octanol–water partition coefficient (Wildman–Crippen LogP) is -4.39. The number of rotatable bonds is 1. The minimum Gasteiger partial charge on any atom is -0.390 e. The Hall–Kier alpha value is -3.34. The van der Waals surface area contributed by atoms with Crippen molar-refractivity contribution in [3.63, 3.8) is 0 Å². The molecule has 7 N–H and O–H groups in total. The molecule has 1 aliphatic rings. The van der Waals surface area contributed by atoms with Crippen LogP contribution in [0, 0.1) is 20.2 Å². The molecule has 0 unspecified atom stereocenters. The topological polar surface area (TPSA) is 239 Å². The molecule has 0 aromatic carbocycles. The first-order valence-electron chi connectivity index (χ1n) is 4.10. The van der Waals surface area contributed by atoms with Crippen LogP contribution in [0.5, 0.6) is 0 Å². The van der Waals surface area contributed by atoms with Crippen molar-refractivity contribution in [3.8, 4) is 0 Å². The summed E-state index contributed by atoms with van der Waals surface area (Å²) in [4.78, 5) is 20.0. The van der Waals surface area contributed by atoms with E-state index in [1.165, 1.54) is 0 Å². The average molecular weight is 277 g/mol. The van der Waals surface area contributed by atoms with E-state index in [1.807, 2.05) is 5.53 Å². The molecule has 0 spiro atoms. The number of hydrazine groups is 4.